The van der Waals surface area contributed by atoms with Gasteiger partial charge in [0.2, 0.25) is 0 Å². The molecule has 0 saturated carbocycles. The number of ether oxygens (including phenoxy) is 1. The van der Waals surface area contributed by atoms with E-state index in [1.165, 1.54) is 5.56 Å². The summed E-state index contributed by atoms with van der Waals surface area (Å²) in [7, 11) is 0. The van der Waals surface area contributed by atoms with Crippen LogP contribution in [0.25, 0.3) is 0 Å². The van der Waals surface area contributed by atoms with Crippen molar-refractivity contribution in [1.29, 1.82) is 0 Å². The molecule has 0 aliphatic rings. The highest BCUT2D eigenvalue weighted by atomic mass is 16.5. The summed E-state index contributed by atoms with van der Waals surface area (Å²) in [5, 5.41) is 2.85. The third-order valence-corrected chi connectivity index (χ3v) is 3.65. The lowest BCUT2D eigenvalue weighted by atomic mass is 10.1. The standard InChI is InChI=1S/C18H22N2O2/c1-4-14-8-10-15(11-9-14)22-13(3)18(21)20-17-7-5-6-16(19)12(17)2/h5-11,13H,4,19H2,1-3H3,(H,20,21)/t13-/m1/s1. The van der Waals surface area contributed by atoms with E-state index in [1.807, 2.05) is 43.3 Å². The Balaban J connectivity index is 2.01. The number of nitrogen functional groups attached to an aromatic ring is 1. The summed E-state index contributed by atoms with van der Waals surface area (Å²) in [4.78, 5) is 12.2. The first-order chi connectivity index (χ1) is 10.5. The Bertz CT molecular complexity index is 651. The molecule has 0 heterocycles. The van der Waals surface area contributed by atoms with Gasteiger partial charge in [-0.2, -0.15) is 0 Å². The molecule has 2 aromatic rings. The van der Waals surface area contributed by atoms with Crippen LogP contribution in [0.15, 0.2) is 42.5 Å². The lowest BCUT2D eigenvalue weighted by Gasteiger charge is -2.16. The van der Waals surface area contributed by atoms with Crippen molar-refractivity contribution in [3.63, 3.8) is 0 Å². The summed E-state index contributed by atoms with van der Waals surface area (Å²) in [5.41, 5.74) is 9.30. The molecule has 0 saturated heterocycles. The van der Waals surface area contributed by atoms with Crippen molar-refractivity contribution in [3.05, 3.63) is 53.6 Å². The molecule has 0 fully saturated rings. The van der Waals surface area contributed by atoms with E-state index in [0.717, 1.165) is 12.0 Å². The van der Waals surface area contributed by atoms with Gasteiger partial charge in [-0.3, -0.25) is 4.79 Å². The number of rotatable bonds is 5. The van der Waals surface area contributed by atoms with Crippen molar-refractivity contribution in [3.8, 4) is 5.75 Å². The third kappa shape index (κ3) is 3.79. The second-order valence-corrected chi connectivity index (χ2v) is 5.27. The fourth-order valence-electron chi connectivity index (χ4n) is 2.08. The van der Waals surface area contributed by atoms with Crippen LogP contribution in [0.4, 0.5) is 11.4 Å². The van der Waals surface area contributed by atoms with Gasteiger partial charge in [0.1, 0.15) is 5.75 Å². The Labute approximate surface area is 131 Å². The number of nitrogens with one attached hydrogen (secondary N) is 1. The van der Waals surface area contributed by atoms with Gasteiger partial charge < -0.3 is 15.8 Å². The number of hydrogen-bond donors (Lipinski definition) is 2. The van der Waals surface area contributed by atoms with E-state index >= 15 is 0 Å². The SMILES string of the molecule is CCc1ccc(O[C@H](C)C(=O)Nc2cccc(N)c2C)cc1. The van der Waals surface area contributed by atoms with Gasteiger partial charge in [0.05, 0.1) is 0 Å². The van der Waals surface area contributed by atoms with Crippen molar-refractivity contribution < 1.29 is 9.53 Å². The number of carbonyl (C=O) groups is 1. The monoisotopic (exact) mass is 298 g/mol. The van der Waals surface area contributed by atoms with E-state index in [0.29, 0.717) is 17.1 Å². The molecule has 0 aliphatic heterocycles. The molecule has 1 atom stereocenters. The molecule has 116 valence electrons. The maximum absolute atomic E-state index is 12.2. The van der Waals surface area contributed by atoms with Gasteiger partial charge in [0, 0.05) is 11.4 Å². The lowest BCUT2D eigenvalue weighted by molar-refractivity contribution is -0.122. The predicted octanol–water partition coefficient (Wildman–Crippen LogP) is 3.55. The van der Waals surface area contributed by atoms with E-state index in [4.69, 9.17) is 10.5 Å². The van der Waals surface area contributed by atoms with Gasteiger partial charge in [0.15, 0.2) is 6.10 Å². The van der Waals surface area contributed by atoms with Gasteiger partial charge in [-0.25, -0.2) is 0 Å². The van der Waals surface area contributed by atoms with Crippen LogP contribution in [0.3, 0.4) is 0 Å². The van der Waals surface area contributed by atoms with E-state index in [2.05, 4.69) is 12.2 Å². The molecular weight excluding hydrogens is 276 g/mol. The molecule has 3 N–H and O–H groups in total. The lowest BCUT2D eigenvalue weighted by Crippen LogP contribution is -2.30. The first-order valence-corrected chi connectivity index (χ1v) is 7.42. The van der Waals surface area contributed by atoms with Crippen molar-refractivity contribution in [2.45, 2.75) is 33.3 Å². The molecule has 22 heavy (non-hydrogen) atoms. The first-order valence-electron chi connectivity index (χ1n) is 7.42. The molecule has 2 rings (SSSR count). The van der Waals surface area contributed by atoms with Crippen molar-refractivity contribution in [2.75, 3.05) is 11.1 Å². The summed E-state index contributed by atoms with van der Waals surface area (Å²) in [6, 6.07) is 13.2. The average Bonchev–Trinajstić information content (AvgIpc) is 2.52. The number of amides is 1. The molecule has 1 amide bonds. The molecule has 4 nitrogen and oxygen atoms in total. The zero-order chi connectivity index (χ0) is 16.1. The summed E-state index contributed by atoms with van der Waals surface area (Å²) >= 11 is 0. The topological polar surface area (TPSA) is 64.3 Å². The minimum atomic E-state index is -0.590. The molecule has 0 aromatic heterocycles. The number of carbonyl (C=O) groups excluding carboxylic acids is 1. The van der Waals surface area contributed by atoms with E-state index in [1.54, 1.807) is 13.0 Å². The van der Waals surface area contributed by atoms with E-state index in [-0.39, 0.29) is 5.91 Å². The number of hydrogen-bond acceptors (Lipinski definition) is 3. The van der Waals surface area contributed by atoms with Gasteiger partial charge in [-0.1, -0.05) is 25.1 Å². The Kier molecular flexibility index (Phi) is 5.04. The van der Waals surface area contributed by atoms with Crippen LogP contribution >= 0.6 is 0 Å². The highest BCUT2D eigenvalue weighted by molar-refractivity contribution is 5.95. The highest BCUT2D eigenvalue weighted by Gasteiger charge is 2.16. The molecule has 4 heteroatoms. The largest absolute Gasteiger partial charge is 0.481 e. The average molecular weight is 298 g/mol. The van der Waals surface area contributed by atoms with Gasteiger partial charge in [-0.05, 0) is 55.7 Å². The summed E-state index contributed by atoms with van der Waals surface area (Å²) in [6.07, 6.45) is 0.388. The van der Waals surface area contributed by atoms with Crippen LogP contribution in [0.5, 0.6) is 5.75 Å². The number of anilines is 2. The number of benzene rings is 2. The molecule has 2 aromatic carbocycles. The smallest absolute Gasteiger partial charge is 0.265 e. The summed E-state index contributed by atoms with van der Waals surface area (Å²) < 4.78 is 5.67. The molecule has 0 bridgehead atoms. The van der Waals surface area contributed by atoms with Crippen molar-refractivity contribution in [1.82, 2.24) is 0 Å². The fraction of sp³-hybridized carbons (Fsp3) is 0.278. The molecule has 0 unspecified atom stereocenters. The van der Waals surface area contributed by atoms with Crippen LogP contribution in [-0.4, -0.2) is 12.0 Å². The minimum absolute atomic E-state index is 0.201. The molecule has 0 radical (unpaired) electrons. The zero-order valence-electron chi connectivity index (χ0n) is 13.2. The van der Waals surface area contributed by atoms with Crippen LogP contribution in [0.1, 0.15) is 25.0 Å². The van der Waals surface area contributed by atoms with Crippen molar-refractivity contribution >= 4 is 17.3 Å². The Morgan fingerprint density at radius 1 is 1.23 bits per heavy atom. The van der Waals surface area contributed by atoms with Crippen molar-refractivity contribution in [2.24, 2.45) is 0 Å². The maximum Gasteiger partial charge on any atom is 0.265 e. The van der Waals surface area contributed by atoms with Crippen LogP contribution < -0.4 is 15.8 Å². The highest BCUT2D eigenvalue weighted by Crippen LogP contribution is 2.21. The third-order valence-electron chi connectivity index (χ3n) is 3.65. The minimum Gasteiger partial charge on any atom is -0.481 e. The molecule has 0 spiro atoms. The predicted molar refractivity (Wildman–Crippen MR) is 90.1 cm³/mol. The fourth-order valence-corrected chi connectivity index (χ4v) is 2.08. The Morgan fingerprint density at radius 3 is 2.55 bits per heavy atom. The summed E-state index contributed by atoms with van der Waals surface area (Å²) in [6.45, 7) is 5.70. The van der Waals surface area contributed by atoms with E-state index < -0.39 is 6.10 Å². The summed E-state index contributed by atoms with van der Waals surface area (Å²) in [5.74, 6) is 0.484. The molecule has 0 aliphatic carbocycles. The van der Waals surface area contributed by atoms with Gasteiger partial charge in [-0.15, -0.1) is 0 Å². The van der Waals surface area contributed by atoms with E-state index in [9.17, 15) is 4.79 Å². The quantitative estimate of drug-likeness (QED) is 0.830. The normalized spacial score (nSPS) is 11.8. The first kappa shape index (κ1) is 15.9. The Hall–Kier alpha value is -2.49. The Morgan fingerprint density at radius 2 is 1.91 bits per heavy atom. The van der Waals surface area contributed by atoms with Crippen LogP contribution in [0.2, 0.25) is 0 Å². The second-order valence-electron chi connectivity index (χ2n) is 5.27. The maximum atomic E-state index is 12.2. The zero-order valence-corrected chi connectivity index (χ0v) is 13.2. The van der Waals surface area contributed by atoms with Gasteiger partial charge >= 0.3 is 0 Å². The molecular formula is C18H22N2O2. The van der Waals surface area contributed by atoms with Crippen LogP contribution in [-0.2, 0) is 11.2 Å². The number of aryl methyl sites for hydroxylation is 1. The second kappa shape index (κ2) is 6.98. The van der Waals surface area contributed by atoms with Gasteiger partial charge in [0.25, 0.3) is 5.91 Å². The van der Waals surface area contributed by atoms with Crippen LogP contribution in [0, 0.1) is 6.92 Å². The number of nitrogens with two attached hydrogens (primary N) is 1.